The molecular formula is C37H42ClN5O5S. The van der Waals surface area contributed by atoms with Crippen molar-refractivity contribution in [2.24, 2.45) is 29.2 Å². The third-order valence-corrected chi connectivity index (χ3v) is 13.3. The zero-order valence-electron chi connectivity index (χ0n) is 27.8. The molecule has 258 valence electrons. The van der Waals surface area contributed by atoms with Gasteiger partial charge >= 0.3 is 0 Å². The molecule has 0 radical (unpaired) electrons. The monoisotopic (exact) mass is 703 g/mol. The van der Waals surface area contributed by atoms with Gasteiger partial charge in [-0.15, -0.1) is 4.36 Å². The van der Waals surface area contributed by atoms with Gasteiger partial charge in [0.1, 0.15) is 15.7 Å². The van der Waals surface area contributed by atoms with E-state index >= 15 is 0 Å². The molecular weight excluding hydrogens is 662 g/mol. The highest BCUT2D eigenvalue weighted by molar-refractivity contribution is 7.92. The minimum absolute atomic E-state index is 0.0209. The lowest BCUT2D eigenvalue weighted by atomic mass is 9.68. The van der Waals surface area contributed by atoms with Crippen molar-refractivity contribution < 1.29 is 23.3 Å². The molecule has 1 spiro atoms. The Bertz CT molecular complexity index is 1970. The number of nitrogens with one attached hydrogen (secondary N) is 1. The molecule has 1 N–H and O–H groups in total. The van der Waals surface area contributed by atoms with Crippen LogP contribution in [0.1, 0.15) is 76.3 Å². The largest absolute Gasteiger partial charge is 0.490 e. The number of methoxy groups -OCH3 is 1. The van der Waals surface area contributed by atoms with Gasteiger partial charge in [-0.1, -0.05) is 29.8 Å². The van der Waals surface area contributed by atoms with Crippen molar-refractivity contribution in [3.05, 3.63) is 88.2 Å². The number of fused-ring (bicyclic) bond motifs is 6. The number of anilines is 1. The fraction of sp³-hybridized carbons (Fsp3) is 0.486. The number of hydrogen-bond donors (Lipinski definition) is 1. The van der Waals surface area contributed by atoms with E-state index in [0.29, 0.717) is 54.4 Å². The Morgan fingerprint density at radius 3 is 2.84 bits per heavy atom. The van der Waals surface area contributed by atoms with Crippen LogP contribution in [0.25, 0.3) is 0 Å². The Kier molecular flexibility index (Phi) is 8.35. The quantitative estimate of drug-likeness (QED) is 0.330. The fourth-order valence-electron chi connectivity index (χ4n) is 8.58. The van der Waals surface area contributed by atoms with Crippen molar-refractivity contribution in [2.75, 3.05) is 37.5 Å². The summed E-state index contributed by atoms with van der Waals surface area (Å²) in [5.41, 5.74) is 3.80. The maximum atomic E-state index is 14.2. The maximum Gasteiger partial charge on any atom is 0.286 e. The number of rotatable bonds is 3. The number of aromatic nitrogens is 2. The number of hydrogen-bond acceptors (Lipinski definition) is 7. The number of aryl methyl sites for hydroxylation is 1. The van der Waals surface area contributed by atoms with Gasteiger partial charge in [-0.25, -0.2) is 4.21 Å². The van der Waals surface area contributed by atoms with Gasteiger partial charge in [-0.3, -0.25) is 19.0 Å². The summed E-state index contributed by atoms with van der Waals surface area (Å²) in [4.78, 5) is 29.4. The molecule has 10 nitrogen and oxygen atoms in total. The van der Waals surface area contributed by atoms with Crippen LogP contribution in [-0.4, -0.2) is 64.5 Å². The molecule has 3 aliphatic carbocycles. The predicted octanol–water partition coefficient (Wildman–Crippen LogP) is 6.06. The highest BCUT2D eigenvalue weighted by Gasteiger charge is 2.54. The SMILES string of the molecule is CO[C@H]1/C=C/CCCS(=O)(NC(=O)c2cnn(C)c2)=NC(=O)c2ccc3c(c2)N(C[C@@H]2CC[C@H]21)C[C@]1(CO3)C[C@@H]2C[C@@H]2c2cc(Cl)ccc21. The van der Waals surface area contributed by atoms with Gasteiger partial charge in [0.15, 0.2) is 0 Å². The summed E-state index contributed by atoms with van der Waals surface area (Å²) >= 11 is 6.52. The molecule has 2 saturated carbocycles. The normalized spacial score (nSPS) is 32.7. The van der Waals surface area contributed by atoms with Crippen molar-refractivity contribution in [1.82, 2.24) is 14.5 Å². The summed E-state index contributed by atoms with van der Waals surface area (Å²) < 4.78 is 35.2. The maximum absolute atomic E-state index is 14.2. The average Bonchev–Trinajstić information content (AvgIpc) is 3.74. The van der Waals surface area contributed by atoms with Crippen LogP contribution in [0, 0.1) is 17.8 Å². The number of benzene rings is 2. The lowest BCUT2D eigenvalue weighted by Gasteiger charge is -2.46. The molecule has 1 unspecified atom stereocenters. The molecule has 3 heterocycles. The number of carbonyl (C=O) groups excluding carboxylic acids is 2. The van der Waals surface area contributed by atoms with Gasteiger partial charge < -0.3 is 14.4 Å². The van der Waals surface area contributed by atoms with E-state index in [-0.39, 0.29) is 22.8 Å². The second-order valence-corrected chi connectivity index (χ2v) is 17.0. The molecule has 12 heteroatoms. The third kappa shape index (κ3) is 6.18. The molecule has 2 fully saturated rings. The summed E-state index contributed by atoms with van der Waals surface area (Å²) in [7, 11) is -0.00591. The number of allylic oxidation sites excluding steroid dienone is 1. The average molecular weight is 704 g/mol. The molecule has 5 aliphatic rings. The number of nitrogens with zero attached hydrogens (tertiary/aromatic N) is 4. The molecule has 2 amide bonds. The fourth-order valence-corrected chi connectivity index (χ4v) is 10.3. The van der Waals surface area contributed by atoms with Gasteiger partial charge in [0, 0.05) is 49.4 Å². The van der Waals surface area contributed by atoms with E-state index in [1.807, 2.05) is 18.2 Å². The Hall–Kier alpha value is -3.67. The van der Waals surface area contributed by atoms with Crippen LogP contribution < -0.4 is 14.4 Å². The van der Waals surface area contributed by atoms with Gasteiger partial charge in [0.25, 0.3) is 11.8 Å². The first-order valence-corrected chi connectivity index (χ1v) is 19.3. The van der Waals surface area contributed by atoms with Gasteiger partial charge in [-0.2, -0.15) is 5.10 Å². The van der Waals surface area contributed by atoms with E-state index in [1.165, 1.54) is 34.6 Å². The molecule has 3 aromatic rings. The van der Waals surface area contributed by atoms with Crippen LogP contribution in [0.3, 0.4) is 0 Å². The second kappa shape index (κ2) is 12.6. The van der Waals surface area contributed by atoms with Crippen LogP contribution in [0.4, 0.5) is 5.69 Å². The van der Waals surface area contributed by atoms with Crippen LogP contribution in [0.2, 0.25) is 5.02 Å². The van der Waals surface area contributed by atoms with Crippen molar-refractivity contribution in [3.8, 4) is 5.75 Å². The number of amides is 2. The van der Waals surface area contributed by atoms with Crippen LogP contribution in [-0.2, 0) is 27.1 Å². The van der Waals surface area contributed by atoms with Gasteiger partial charge in [-0.05, 0) is 104 Å². The molecule has 7 atom stereocenters. The first-order chi connectivity index (χ1) is 23.6. The molecule has 2 bridgehead atoms. The Morgan fingerprint density at radius 1 is 1.18 bits per heavy atom. The van der Waals surface area contributed by atoms with Crippen molar-refractivity contribution in [2.45, 2.75) is 56.0 Å². The number of halogens is 1. The lowest BCUT2D eigenvalue weighted by molar-refractivity contribution is 0.0131. The van der Waals surface area contributed by atoms with Crippen molar-refractivity contribution in [1.29, 1.82) is 0 Å². The molecule has 0 saturated heterocycles. The van der Waals surface area contributed by atoms with Crippen LogP contribution in [0.15, 0.2) is 65.3 Å². The van der Waals surface area contributed by atoms with Crippen LogP contribution >= 0.6 is 11.6 Å². The summed E-state index contributed by atoms with van der Waals surface area (Å²) in [5.74, 6) is 1.42. The first-order valence-electron chi connectivity index (χ1n) is 17.2. The molecule has 2 aromatic carbocycles. The predicted molar refractivity (Wildman–Crippen MR) is 189 cm³/mol. The van der Waals surface area contributed by atoms with E-state index in [1.54, 1.807) is 20.2 Å². The summed E-state index contributed by atoms with van der Waals surface area (Å²) in [6.45, 7) is 2.05. The molecule has 2 aliphatic heterocycles. The minimum atomic E-state index is -3.47. The Balaban J connectivity index is 1.20. The third-order valence-electron chi connectivity index (χ3n) is 11.3. The smallest absolute Gasteiger partial charge is 0.286 e. The van der Waals surface area contributed by atoms with Crippen molar-refractivity contribution in [3.63, 3.8) is 0 Å². The van der Waals surface area contributed by atoms with E-state index in [9.17, 15) is 13.8 Å². The first kappa shape index (κ1) is 32.5. The highest BCUT2D eigenvalue weighted by Crippen LogP contribution is 2.61. The zero-order valence-corrected chi connectivity index (χ0v) is 29.4. The number of ether oxygens (including phenoxy) is 2. The number of carbonyl (C=O) groups is 2. The van der Waals surface area contributed by atoms with Crippen LogP contribution in [0.5, 0.6) is 5.75 Å². The summed E-state index contributed by atoms with van der Waals surface area (Å²) in [6.07, 6.45) is 12.5. The molecule has 8 rings (SSSR count). The summed E-state index contributed by atoms with van der Waals surface area (Å²) in [5, 5.41) is 4.81. The Labute approximate surface area is 292 Å². The standard InChI is InChI=1S/C37H42ClN5O5S/c1-42-19-26(18-39-42)36(45)41-49(46)13-5-3-4-6-33(47-2)28-10-7-24(28)20-43-21-37(17-25-14-29(25)30-16-27(38)9-11-31(30)37)22-48-34-12-8-23(15-32(34)43)35(44)40-49/h4,6,8-9,11-12,15-16,18-19,24-25,28-29,33H,3,5,7,10,13-14,17,20-22H2,1-2H3,(H,40,41,44,45,46)/b6-4+/t24-,25-,28+,29-,33-,37-,49?/m0/s1. The van der Waals surface area contributed by atoms with E-state index < -0.39 is 21.7 Å². The topological polar surface area (TPSA) is 115 Å². The summed E-state index contributed by atoms with van der Waals surface area (Å²) in [6, 6.07) is 11.7. The van der Waals surface area contributed by atoms with E-state index in [2.05, 4.69) is 43.4 Å². The second-order valence-electron chi connectivity index (χ2n) is 14.5. The Morgan fingerprint density at radius 2 is 2.06 bits per heavy atom. The van der Waals surface area contributed by atoms with E-state index in [0.717, 1.165) is 43.1 Å². The van der Waals surface area contributed by atoms with Crippen molar-refractivity contribution >= 4 is 39.0 Å². The van der Waals surface area contributed by atoms with Gasteiger partial charge in [0.05, 0.1) is 35.9 Å². The molecule has 1 aromatic heterocycles. The highest BCUT2D eigenvalue weighted by atomic mass is 35.5. The minimum Gasteiger partial charge on any atom is -0.490 e. The zero-order chi connectivity index (χ0) is 33.9. The lowest BCUT2D eigenvalue weighted by Crippen LogP contribution is -2.49. The van der Waals surface area contributed by atoms with Gasteiger partial charge in [0.2, 0.25) is 0 Å². The molecule has 49 heavy (non-hydrogen) atoms. The van der Waals surface area contributed by atoms with E-state index in [4.69, 9.17) is 21.1 Å².